The molecule has 2 aromatic heterocycles. The predicted molar refractivity (Wildman–Crippen MR) is 118 cm³/mol. The molecule has 0 saturated heterocycles. The van der Waals surface area contributed by atoms with Crippen molar-refractivity contribution in [1.82, 2.24) is 9.97 Å². The Hall–Kier alpha value is -1.80. The van der Waals surface area contributed by atoms with Gasteiger partial charge < -0.3 is 15.0 Å². The Balaban J connectivity index is 1.68. The van der Waals surface area contributed by atoms with Crippen molar-refractivity contribution >= 4 is 40.0 Å². The first-order valence-electron chi connectivity index (χ1n) is 10.2. The molecule has 0 aliphatic heterocycles. The molecule has 29 heavy (non-hydrogen) atoms. The van der Waals surface area contributed by atoms with E-state index in [9.17, 15) is 9.59 Å². The average Bonchev–Trinajstić information content (AvgIpc) is 3.19. The van der Waals surface area contributed by atoms with Gasteiger partial charge in [-0.2, -0.15) is 0 Å². The number of H-pyrrole nitrogens is 1. The minimum atomic E-state index is -0.338. The van der Waals surface area contributed by atoms with Crippen LogP contribution < -0.4 is 5.32 Å². The molecule has 0 aromatic carbocycles. The van der Waals surface area contributed by atoms with E-state index < -0.39 is 0 Å². The number of hydrogen-bond acceptors (Lipinski definition) is 6. The number of ether oxygens (including phenoxy) is 1. The number of carbonyl (C=O) groups excluding carboxylic acids is 2. The number of carbonyl (C=O) groups is 2. The molecule has 1 aliphatic carbocycles. The summed E-state index contributed by atoms with van der Waals surface area (Å²) in [6.07, 6.45) is 4.93. The molecule has 0 fully saturated rings. The van der Waals surface area contributed by atoms with Crippen LogP contribution in [0, 0.1) is 12.8 Å². The molecule has 0 radical (unpaired) electrons. The number of rotatable bonds is 8. The van der Waals surface area contributed by atoms with E-state index in [4.69, 9.17) is 4.74 Å². The van der Waals surface area contributed by atoms with Crippen molar-refractivity contribution < 1.29 is 14.3 Å². The standard InChI is InChI=1S/C21H29N3O3S2/c1-5-27-20(26)18-14-8-6-7-9-16(14)29-19(18)24-17(25)11-28-21-22-13(4)15(23-21)10-12(2)3/h12H,5-11H2,1-4H3,(H,22,23)(H,24,25). The van der Waals surface area contributed by atoms with Gasteiger partial charge in [0.1, 0.15) is 5.00 Å². The SMILES string of the molecule is CCOC(=O)c1c(NC(=O)CSc2nc(CC(C)C)c(C)[nH]2)sc2c1CCCC2. The van der Waals surface area contributed by atoms with Crippen LogP contribution in [0.3, 0.4) is 0 Å². The van der Waals surface area contributed by atoms with Crippen LogP contribution in [0.25, 0.3) is 0 Å². The normalized spacial score (nSPS) is 13.4. The molecule has 1 aliphatic rings. The summed E-state index contributed by atoms with van der Waals surface area (Å²) in [6.45, 7) is 8.46. The average molecular weight is 436 g/mol. The molecule has 2 aromatic rings. The zero-order chi connectivity index (χ0) is 21.0. The van der Waals surface area contributed by atoms with Gasteiger partial charge in [-0.1, -0.05) is 25.6 Å². The summed E-state index contributed by atoms with van der Waals surface area (Å²) in [7, 11) is 0. The Morgan fingerprint density at radius 3 is 2.79 bits per heavy atom. The molecule has 2 N–H and O–H groups in total. The number of esters is 1. The number of aryl methyl sites for hydroxylation is 2. The fourth-order valence-electron chi connectivity index (χ4n) is 3.49. The highest BCUT2D eigenvalue weighted by Crippen LogP contribution is 2.38. The zero-order valence-corrected chi connectivity index (χ0v) is 19.1. The second-order valence-corrected chi connectivity index (χ2v) is 9.75. The van der Waals surface area contributed by atoms with Crippen LogP contribution in [-0.2, 0) is 28.8 Å². The minimum Gasteiger partial charge on any atom is -0.462 e. The molecule has 0 bridgehead atoms. The van der Waals surface area contributed by atoms with E-state index in [1.807, 2.05) is 6.92 Å². The number of imidazole rings is 1. The fourth-order valence-corrected chi connectivity index (χ4v) is 5.52. The van der Waals surface area contributed by atoms with Gasteiger partial charge in [0.25, 0.3) is 0 Å². The molecule has 0 saturated carbocycles. The van der Waals surface area contributed by atoms with E-state index in [2.05, 4.69) is 29.1 Å². The summed E-state index contributed by atoms with van der Waals surface area (Å²) in [6, 6.07) is 0. The predicted octanol–water partition coefficient (Wildman–Crippen LogP) is 4.76. The Kier molecular flexibility index (Phi) is 7.40. The number of hydrogen-bond donors (Lipinski definition) is 2. The molecule has 0 spiro atoms. The number of nitrogens with one attached hydrogen (secondary N) is 2. The van der Waals surface area contributed by atoms with Gasteiger partial charge in [0.2, 0.25) is 5.91 Å². The third-order valence-corrected chi connectivity index (χ3v) is 6.89. The van der Waals surface area contributed by atoms with E-state index in [1.54, 1.807) is 6.92 Å². The second-order valence-electron chi connectivity index (χ2n) is 7.68. The number of thiophene rings is 1. The Labute approximate surface area is 180 Å². The van der Waals surface area contributed by atoms with Crippen molar-refractivity contribution in [3.63, 3.8) is 0 Å². The molecule has 2 heterocycles. The van der Waals surface area contributed by atoms with Gasteiger partial charge in [-0.3, -0.25) is 4.79 Å². The van der Waals surface area contributed by atoms with Gasteiger partial charge in [-0.25, -0.2) is 9.78 Å². The van der Waals surface area contributed by atoms with Gasteiger partial charge in [0.05, 0.1) is 23.6 Å². The quantitative estimate of drug-likeness (QED) is 0.461. The first kappa shape index (κ1) is 21.9. The Bertz CT molecular complexity index is 886. The smallest absolute Gasteiger partial charge is 0.341 e. The highest BCUT2D eigenvalue weighted by molar-refractivity contribution is 7.99. The molecular formula is C21H29N3O3S2. The lowest BCUT2D eigenvalue weighted by Crippen LogP contribution is -2.17. The number of aromatic amines is 1. The highest BCUT2D eigenvalue weighted by atomic mass is 32.2. The molecular weight excluding hydrogens is 406 g/mol. The lowest BCUT2D eigenvalue weighted by molar-refractivity contribution is -0.113. The largest absolute Gasteiger partial charge is 0.462 e. The molecule has 3 rings (SSSR count). The maximum atomic E-state index is 12.6. The van der Waals surface area contributed by atoms with E-state index in [1.165, 1.54) is 28.0 Å². The van der Waals surface area contributed by atoms with E-state index >= 15 is 0 Å². The number of aromatic nitrogens is 2. The van der Waals surface area contributed by atoms with Gasteiger partial charge in [-0.05, 0) is 57.4 Å². The van der Waals surface area contributed by atoms with Gasteiger partial charge in [0, 0.05) is 10.6 Å². The third kappa shape index (κ3) is 5.42. The number of fused-ring (bicyclic) bond motifs is 1. The van der Waals surface area contributed by atoms with Crippen molar-refractivity contribution in [2.45, 2.75) is 65.0 Å². The van der Waals surface area contributed by atoms with Gasteiger partial charge in [0.15, 0.2) is 5.16 Å². The minimum absolute atomic E-state index is 0.140. The van der Waals surface area contributed by atoms with Crippen LogP contribution in [0.2, 0.25) is 0 Å². The van der Waals surface area contributed by atoms with Crippen molar-refractivity contribution in [3.8, 4) is 0 Å². The first-order valence-corrected chi connectivity index (χ1v) is 12.0. The van der Waals surface area contributed by atoms with Crippen LogP contribution >= 0.6 is 23.1 Å². The van der Waals surface area contributed by atoms with Gasteiger partial charge in [-0.15, -0.1) is 11.3 Å². The number of nitrogens with zero attached hydrogens (tertiary/aromatic N) is 1. The lowest BCUT2D eigenvalue weighted by Gasteiger charge is -2.12. The summed E-state index contributed by atoms with van der Waals surface area (Å²) in [5.74, 6) is 0.289. The number of thioether (sulfide) groups is 1. The van der Waals surface area contributed by atoms with Crippen LogP contribution in [0.4, 0.5) is 5.00 Å². The van der Waals surface area contributed by atoms with Crippen LogP contribution in [-0.4, -0.2) is 34.2 Å². The topological polar surface area (TPSA) is 84.1 Å². The summed E-state index contributed by atoms with van der Waals surface area (Å²) in [5, 5.41) is 4.32. The molecule has 8 heteroatoms. The summed E-state index contributed by atoms with van der Waals surface area (Å²) < 4.78 is 5.25. The zero-order valence-electron chi connectivity index (χ0n) is 17.5. The maximum Gasteiger partial charge on any atom is 0.341 e. The van der Waals surface area contributed by atoms with Crippen molar-refractivity contribution in [2.24, 2.45) is 5.92 Å². The van der Waals surface area contributed by atoms with Crippen LogP contribution in [0.15, 0.2) is 5.16 Å². The monoisotopic (exact) mass is 435 g/mol. The molecule has 1 amide bonds. The summed E-state index contributed by atoms with van der Waals surface area (Å²) in [5.41, 5.74) is 3.72. The van der Waals surface area contributed by atoms with Crippen LogP contribution in [0.1, 0.15) is 65.8 Å². The van der Waals surface area contributed by atoms with Crippen molar-refractivity contribution in [3.05, 3.63) is 27.4 Å². The first-order chi connectivity index (χ1) is 13.9. The van der Waals surface area contributed by atoms with E-state index in [0.717, 1.165) is 54.2 Å². The Morgan fingerprint density at radius 1 is 1.31 bits per heavy atom. The van der Waals surface area contributed by atoms with E-state index in [0.29, 0.717) is 23.1 Å². The fraction of sp³-hybridized carbons (Fsp3) is 0.571. The van der Waals surface area contributed by atoms with Crippen molar-refractivity contribution in [1.29, 1.82) is 0 Å². The lowest BCUT2D eigenvalue weighted by atomic mass is 9.95. The van der Waals surface area contributed by atoms with E-state index in [-0.39, 0.29) is 17.6 Å². The summed E-state index contributed by atoms with van der Waals surface area (Å²) >= 11 is 2.89. The van der Waals surface area contributed by atoms with Crippen LogP contribution in [0.5, 0.6) is 0 Å². The molecule has 0 unspecified atom stereocenters. The Morgan fingerprint density at radius 2 is 2.07 bits per heavy atom. The number of amides is 1. The number of anilines is 1. The van der Waals surface area contributed by atoms with Gasteiger partial charge >= 0.3 is 5.97 Å². The molecule has 0 atom stereocenters. The summed E-state index contributed by atoms with van der Waals surface area (Å²) in [4.78, 5) is 34.1. The van der Waals surface area contributed by atoms with Crippen molar-refractivity contribution in [2.75, 3.05) is 17.7 Å². The molecule has 158 valence electrons. The maximum absolute atomic E-state index is 12.6. The third-order valence-electron chi connectivity index (χ3n) is 4.81. The highest BCUT2D eigenvalue weighted by Gasteiger charge is 2.27. The second kappa shape index (κ2) is 9.80. The molecule has 6 nitrogen and oxygen atoms in total.